The lowest BCUT2D eigenvalue weighted by Crippen LogP contribution is -2.28. The van der Waals surface area contributed by atoms with Crippen LogP contribution in [0.3, 0.4) is 0 Å². The minimum atomic E-state index is -0.746. The second kappa shape index (κ2) is 10.4. The van der Waals surface area contributed by atoms with Crippen LogP contribution in [-0.2, 0) is 11.2 Å². The fraction of sp³-hybridized carbons (Fsp3) is 0.292. The van der Waals surface area contributed by atoms with Gasteiger partial charge in [0.15, 0.2) is 6.61 Å². The van der Waals surface area contributed by atoms with E-state index >= 15 is 0 Å². The molecule has 0 aliphatic rings. The van der Waals surface area contributed by atoms with Gasteiger partial charge in [-0.1, -0.05) is 32.4 Å². The number of hydrogen-bond acceptors (Lipinski definition) is 6. The van der Waals surface area contributed by atoms with E-state index in [2.05, 4.69) is 5.32 Å². The zero-order valence-electron chi connectivity index (χ0n) is 17.6. The van der Waals surface area contributed by atoms with E-state index in [1.54, 1.807) is 18.2 Å². The minimum absolute atomic E-state index is 0.0592. The zero-order chi connectivity index (χ0) is 22.2. The van der Waals surface area contributed by atoms with Gasteiger partial charge in [0.25, 0.3) is 5.91 Å². The standard InChI is InChI=1S/C24H25NO6/c1-3-5-11-25-23(27)20-13-17-9-10-19(14-21(17)31-24(20)28)30-22(26)15-29-18-8-6-7-16(4-2)12-18/h6-10,12-14H,3-5,11,15H2,1-2H3,(H,25,27). The van der Waals surface area contributed by atoms with Crippen LogP contribution in [-0.4, -0.2) is 25.0 Å². The summed E-state index contributed by atoms with van der Waals surface area (Å²) in [4.78, 5) is 36.5. The van der Waals surface area contributed by atoms with Crippen LogP contribution in [0, 0.1) is 0 Å². The monoisotopic (exact) mass is 423 g/mol. The van der Waals surface area contributed by atoms with Gasteiger partial charge >= 0.3 is 11.6 Å². The number of rotatable bonds is 9. The van der Waals surface area contributed by atoms with E-state index in [0.717, 1.165) is 24.8 Å². The Balaban J connectivity index is 1.66. The Morgan fingerprint density at radius 3 is 2.65 bits per heavy atom. The van der Waals surface area contributed by atoms with Gasteiger partial charge in [-0.15, -0.1) is 0 Å². The predicted octanol–water partition coefficient (Wildman–Crippen LogP) is 3.87. The Labute approximate surface area is 180 Å². The van der Waals surface area contributed by atoms with Crippen molar-refractivity contribution in [3.63, 3.8) is 0 Å². The molecule has 1 heterocycles. The van der Waals surface area contributed by atoms with E-state index in [9.17, 15) is 14.4 Å². The molecule has 0 aliphatic heterocycles. The molecular formula is C24H25NO6. The van der Waals surface area contributed by atoms with Crippen LogP contribution in [0.5, 0.6) is 11.5 Å². The second-order valence-corrected chi connectivity index (χ2v) is 7.02. The molecule has 162 valence electrons. The lowest BCUT2D eigenvalue weighted by Gasteiger charge is -2.08. The number of ether oxygens (including phenoxy) is 2. The van der Waals surface area contributed by atoms with Crippen LogP contribution >= 0.6 is 0 Å². The molecule has 1 N–H and O–H groups in total. The molecule has 0 bridgehead atoms. The first-order valence-corrected chi connectivity index (χ1v) is 10.3. The van der Waals surface area contributed by atoms with Crippen LogP contribution in [0.4, 0.5) is 0 Å². The summed E-state index contributed by atoms with van der Waals surface area (Å²) in [6, 6.07) is 13.6. The third-order valence-electron chi connectivity index (χ3n) is 4.66. The molecule has 1 aromatic heterocycles. The molecule has 0 radical (unpaired) electrons. The van der Waals surface area contributed by atoms with Gasteiger partial charge < -0.3 is 19.2 Å². The predicted molar refractivity (Wildman–Crippen MR) is 117 cm³/mol. The average molecular weight is 423 g/mol. The molecule has 3 rings (SSSR count). The van der Waals surface area contributed by atoms with Crippen LogP contribution in [0.25, 0.3) is 11.0 Å². The van der Waals surface area contributed by atoms with E-state index in [4.69, 9.17) is 13.9 Å². The number of amides is 1. The molecule has 0 saturated heterocycles. The highest BCUT2D eigenvalue weighted by Gasteiger charge is 2.14. The van der Waals surface area contributed by atoms with E-state index in [1.807, 2.05) is 32.0 Å². The molecule has 0 atom stereocenters. The fourth-order valence-corrected chi connectivity index (χ4v) is 2.95. The van der Waals surface area contributed by atoms with Gasteiger partial charge in [0, 0.05) is 18.0 Å². The van der Waals surface area contributed by atoms with Crippen molar-refractivity contribution in [1.29, 1.82) is 0 Å². The van der Waals surface area contributed by atoms with Crippen LogP contribution in [0.2, 0.25) is 0 Å². The van der Waals surface area contributed by atoms with Gasteiger partial charge in [-0.3, -0.25) is 4.79 Å². The number of hydrogen-bond donors (Lipinski definition) is 1. The molecule has 0 unspecified atom stereocenters. The van der Waals surface area contributed by atoms with Crippen LogP contribution < -0.4 is 20.4 Å². The summed E-state index contributed by atoms with van der Waals surface area (Å²) in [5, 5.41) is 3.24. The van der Waals surface area contributed by atoms with E-state index in [-0.39, 0.29) is 23.5 Å². The summed E-state index contributed by atoms with van der Waals surface area (Å²) in [5.74, 6) is -0.253. The summed E-state index contributed by atoms with van der Waals surface area (Å²) < 4.78 is 16.0. The zero-order valence-corrected chi connectivity index (χ0v) is 17.6. The molecule has 1 amide bonds. The van der Waals surface area contributed by atoms with Gasteiger partial charge in [-0.05, 0) is 48.7 Å². The Morgan fingerprint density at radius 1 is 1.03 bits per heavy atom. The van der Waals surface area contributed by atoms with Crippen LogP contribution in [0.15, 0.2) is 57.7 Å². The van der Waals surface area contributed by atoms with Crippen molar-refractivity contribution in [2.75, 3.05) is 13.2 Å². The molecule has 7 nitrogen and oxygen atoms in total. The third kappa shape index (κ3) is 5.94. The first kappa shape index (κ1) is 22.1. The Hall–Kier alpha value is -3.61. The summed E-state index contributed by atoms with van der Waals surface area (Å²) in [6.07, 6.45) is 2.63. The first-order valence-electron chi connectivity index (χ1n) is 10.3. The molecule has 0 saturated carbocycles. The molecule has 0 aliphatic carbocycles. The minimum Gasteiger partial charge on any atom is -0.482 e. The van der Waals surface area contributed by atoms with Crippen molar-refractivity contribution in [2.24, 2.45) is 0 Å². The highest BCUT2D eigenvalue weighted by atomic mass is 16.6. The Bertz CT molecular complexity index is 1130. The lowest BCUT2D eigenvalue weighted by atomic mass is 10.1. The number of nitrogens with one attached hydrogen (secondary N) is 1. The highest BCUT2D eigenvalue weighted by molar-refractivity contribution is 5.96. The number of aryl methyl sites for hydroxylation is 1. The van der Waals surface area contributed by atoms with Crippen molar-refractivity contribution in [1.82, 2.24) is 5.32 Å². The highest BCUT2D eigenvalue weighted by Crippen LogP contribution is 2.21. The fourth-order valence-electron chi connectivity index (χ4n) is 2.95. The van der Waals surface area contributed by atoms with E-state index in [1.165, 1.54) is 12.1 Å². The van der Waals surface area contributed by atoms with Gasteiger partial charge in [0.05, 0.1) is 0 Å². The quantitative estimate of drug-likeness (QED) is 0.243. The Morgan fingerprint density at radius 2 is 1.87 bits per heavy atom. The number of fused-ring (bicyclic) bond motifs is 1. The number of unbranched alkanes of at least 4 members (excludes halogenated alkanes) is 1. The maximum Gasteiger partial charge on any atom is 0.349 e. The molecule has 3 aromatic rings. The molecule has 2 aromatic carbocycles. The van der Waals surface area contributed by atoms with Gasteiger partial charge in [0.1, 0.15) is 22.6 Å². The number of carbonyl (C=O) groups is 2. The number of carbonyl (C=O) groups excluding carboxylic acids is 2. The largest absolute Gasteiger partial charge is 0.482 e. The van der Waals surface area contributed by atoms with Crippen LogP contribution in [0.1, 0.15) is 42.6 Å². The first-order chi connectivity index (χ1) is 15.0. The maximum atomic E-state index is 12.2. The summed E-state index contributed by atoms with van der Waals surface area (Å²) in [5.41, 5.74) is 0.519. The van der Waals surface area contributed by atoms with Crippen molar-refractivity contribution >= 4 is 22.8 Å². The summed E-state index contributed by atoms with van der Waals surface area (Å²) in [7, 11) is 0. The normalized spacial score (nSPS) is 10.6. The van der Waals surface area contributed by atoms with Crippen molar-refractivity contribution in [2.45, 2.75) is 33.1 Å². The maximum absolute atomic E-state index is 12.2. The van der Waals surface area contributed by atoms with Crippen molar-refractivity contribution < 1.29 is 23.5 Å². The summed E-state index contributed by atoms with van der Waals surface area (Å²) >= 11 is 0. The molecular weight excluding hydrogens is 398 g/mol. The topological polar surface area (TPSA) is 94.8 Å². The van der Waals surface area contributed by atoms with E-state index in [0.29, 0.717) is 17.7 Å². The number of benzene rings is 2. The lowest BCUT2D eigenvalue weighted by molar-refractivity contribution is -0.136. The number of esters is 1. The van der Waals surface area contributed by atoms with Crippen molar-refractivity contribution in [3.05, 3.63) is 70.1 Å². The second-order valence-electron chi connectivity index (χ2n) is 7.02. The molecule has 31 heavy (non-hydrogen) atoms. The molecule has 7 heteroatoms. The smallest absolute Gasteiger partial charge is 0.349 e. The van der Waals surface area contributed by atoms with Gasteiger partial charge in [-0.2, -0.15) is 0 Å². The SMILES string of the molecule is CCCCNC(=O)c1cc2ccc(OC(=O)COc3cccc(CC)c3)cc2oc1=O. The molecule has 0 spiro atoms. The third-order valence-corrected chi connectivity index (χ3v) is 4.66. The van der Waals surface area contributed by atoms with Gasteiger partial charge in [-0.25, -0.2) is 9.59 Å². The summed E-state index contributed by atoms with van der Waals surface area (Å²) in [6.45, 7) is 4.28. The average Bonchev–Trinajstić information content (AvgIpc) is 2.77. The van der Waals surface area contributed by atoms with E-state index < -0.39 is 17.5 Å². The molecule has 0 fully saturated rings. The van der Waals surface area contributed by atoms with Gasteiger partial charge in [0.2, 0.25) is 0 Å². The Kier molecular flexibility index (Phi) is 7.43. The van der Waals surface area contributed by atoms with Crippen molar-refractivity contribution in [3.8, 4) is 11.5 Å².